The van der Waals surface area contributed by atoms with Gasteiger partial charge in [-0.3, -0.25) is 9.59 Å². The number of hydrogen-bond acceptors (Lipinski definition) is 7. The number of rotatable bonds is 8. The van der Waals surface area contributed by atoms with Crippen LogP contribution < -0.4 is 9.47 Å². The number of methoxy groups -OCH3 is 2. The van der Waals surface area contributed by atoms with E-state index in [0.717, 1.165) is 0 Å². The van der Waals surface area contributed by atoms with Crippen LogP contribution in [0.1, 0.15) is 5.56 Å². The maximum absolute atomic E-state index is 12.2. The van der Waals surface area contributed by atoms with Crippen molar-refractivity contribution in [2.45, 2.75) is 0 Å². The molecule has 1 heterocycles. The maximum Gasteiger partial charge on any atom is 0.331 e. The molecule has 0 spiro atoms. The van der Waals surface area contributed by atoms with Crippen molar-refractivity contribution in [1.82, 2.24) is 9.80 Å². The Morgan fingerprint density at radius 2 is 1.90 bits per heavy atom. The molecule has 9 nitrogen and oxygen atoms in total. The maximum atomic E-state index is 12.2. The number of carbonyl (C=O) groups is 3. The number of likely N-dealkylation sites (N-methyl/N-ethyl adjacent to an activating group) is 1. The Morgan fingerprint density at radius 1 is 1.17 bits per heavy atom. The second kappa shape index (κ2) is 11.1. The summed E-state index contributed by atoms with van der Waals surface area (Å²) in [5, 5.41) is 0. The molecule has 1 aliphatic rings. The van der Waals surface area contributed by atoms with Crippen molar-refractivity contribution in [2.75, 3.05) is 60.7 Å². The SMILES string of the molecule is COc1ccc(/C=C/C(=O)OCC(=O)N(C)CC(=O)N2CCOCC2)c(OC)c1. The second-order valence-corrected chi connectivity index (χ2v) is 6.29. The van der Waals surface area contributed by atoms with E-state index in [2.05, 4.69) is 0 Å². The minimum atomic E-state index is -0.677. The van der Waals surface area contributed by atoms with Crippen molar-refractivity contribution < 1.29 is 33.3 Å². The van der Waals surface area contributed by atoms with Crippen LogP contribution in [-0.4, -0.2) is 88.3 Å². The number of hydrogen-bond donors (Lipinski definition) is 0. The molecule has 2 amide bonds. The van der Waals surface area contributed by atoms with Crippen LogP contribution in [0.3, 0.4) is 0 Å². The molecule has 0 saturated carbocycles. The first kappa shape index (κ1) is 22.2. The Labute approximate surface area is 169 Å². The number of amides is 2. The molecule has 1 aromatic carbocycles. The number of nitrogens with zero attached hydrogens (tertiary/aromatic N) is 2. The first-order valence-corrected chi connectivity index (χ1v) is 9.11. The topological polar surface area (TPSA) is 94.6 Å². The lowest BCUT2D eigenvalue weighted by Crippen LogP contribution is -2.46. The quantitative estimate of drug-likeness (QED) is 0.460. The Bertz CT molecular complexity index is 757. The normalized spacial score (nSPS) is 13.8. The molecule has 0 unspecified atom stereocenters. The lowest BCUT2D eigenvalue weighted by Gasteiger charge is -2.28. The molecule has 0 bridgehead atoms. The molecule has 1 aliphatic heterocycles. The van der Waals surface area contributed by atoms with Crippen molar-refractivity contribution in [1.29, 1.82) is 0 Å². The van der Waals surface area contributed by atoms with Gasteiger partial charge in [0.15, 0.2) is 6.61 Å². The van der Waals surface area contributed by atoms with E-state index >= 15 is 0 Å². The molecule has 1 aromatic rings. The van der Waals surface area contributed by atoms with Crippen LogP contribution >= 0.6 is 0 Å². The summed E-state index contributed by atoms with van der Waals surface area (Å²) in [4.78, 5) is 39.0. The van der Waals surface area contributed by atoms with Crippen LogP contribution in [0.15, 0.2) is 24.3 Å². The smallest absolute Gasteiger partial charge is 0.331 e. The van der Waals surface area contributed by atoms with Gasteiger partial charge >= 0.3 is 5.97 Å². The zero-order chi connectivity index (χ0) is 21.2. The third kappa shape index (κ3) is 6.79. The van der Waals surface area contributed by atoms with Crippen LogP contribution in [0.4, 0.5) is 0 Å². The van der Waals surface area contributed by atoms with Gasteiger partial charge in [-0.25, -0.2) is 4.79 Å². The van der Waals surface area contributed by atoms with E-state index in [-0.39, 0.29) is 12.5 Å². The third-order valence-electron chi connectivity index (χ3n) is 4.34. The van der Waals surface area contributed by atoms with Gasteiger partial charge in [0, 0.05) is 37.8 Å². The Hall–Kier alpha value is -3.07. The first-order chi connectivity index (χ1) is 13.9. The average Bonchev–Trinajstić information content (AvgIpc) is 2.76. The Balaban J connectivity index is 1.81. The summed E-state index contributed by atoms with van der Waals surface area (Å²) in [6, 6.07) is 5.16. The highest BCUT2D eigenvalue weighted by molar-refractivity contribution is 5.90. The van der Waals surface area contributed by atoms with E-state index in [0.29, 0.717) is 43.4 Å². The van der Waals surface area contributed by atoms with Crippen LogP contribution in [0.5, 0.6) is 11.5 Å². The molecule has 1 saturated heterocycles. The number of benzene rings is 1. The molecule has 29 heavy (non-hydrogen) atoms. The van der Waals surface area contributed by atoms with E-state index in [4.69, 9.17) is 18.9 Å². The summed E-state index contributed by atoms with van der Waals surface area (Å²) in [7, 11) is 4.55. The van der Waals surface area contributed by atoms with Gasteiger partial charge in [0.05, 0.1) is 34.0 Å². The molecule has 0 aliphatic carbocycles. The molecule has 0 N–H and O–H groups in total. The van der Waals surface area contributed by atoms with Crippen molar-refractivity contribution >= 4 is 23.9 Å². The van der Waals surface area contributed by atoms with E-state index in [1.165, 1.54) is 31.2 Å². The molecule has 2 rings (SSSR count). The van der Waals surface area contributed by atoms with Crippen LogP contribution in [-0.2, 0) is 23.9 Å². The largest absolute Gasteiger partial charge is 0.497 e. The van der Waals surface area contributed by atoms with E-state index in [1.54, 1.807) is 30.2 Å². The van der Waals surface area contributed by atoms with Gasteiger partial charge in [0.25, 0.3) is 5.91 Å². The third-order valence-corrected chi connectivity index (χ3v) is 4.34. The second-order valence-electron chi connectivity index (χ2n) is 6.29. The molecule has 1 fully saturated rings. The highest BCUT2D eigenvalue weighted by Gasteiger charge is 2.20. The van der Waals surface area contributed by atoms with Gasteiger partial charge in [0.2, 0.25) is 5.91 Å². The van der Waals surface area contributed by atoms with E-state index in [9.17, 15) is 14.4 Å². The Morgan fingerprint density at radius 3 is 2.55 bits per heavy atom. The Kier molecular flexibility index (Phi) is 8.47. The zero-order valence-corrected chi connectivity index (χ0v) is 16.9. The molecule has 158 valence electrons. The van der Waals surface area contributed by atoms with Crippen molar-refractivity contribution in [3.63, 3.8) is 0 Å². The highest BCUT2D eigenvalue weighted by Crippen LogP contribution is 2.25. The van der Waals surface area contributed by atoms with Gasteiger partial charge in [-0.05, 0) is 18.2 Å². The lowest BCUT2D eigenvalue weighted by molar-refractivity contribution is -0.149. The van der Waals surface area contributed by atoms with E-state index < -0.39 is 18.5 Å². The number of ether oxygens (including phenoxy) is 4. The summed E-state index contributed by atoms with van der Waals surface area (Å²) >= 11 is 0. The number of carbonyl (C=O) groups excluding carboxylic acids is 3. The fraction of sp³-hybridized carbons (Fsp3) is 0.450. The summed E-state index contributed by atoms with van der Waals surface area (Å²) in [6.07, 6.45) is 2.73. The van der Waals surface area contributed by atoms with Gasteiger partial charge in [-0.1, -0.05) is 0 Å². The summed E-state index contributed by atoms with van der Waals surface area (Å²) < 4.78 is 20.5. The van der Waals surface area contributed by atoms with Gasteiger partial charge in [-0.15, -0.1) is 0 Å². The first-order valence-electron chi connectivity index (χ1n) is 9.11. The highest BCUT2D eigenvalue weighted by atomic mass is 16.5. The minimum absolute atomic E-state index is 0.0741. The van der Waals surface area contributed by atoms with Crippen LogP contribution in [0.2, 0.25) is 0 Å². The molecule has 9 heteroatoms. The van der Waals surface area contributed by atoms with Crippen molar-refractivity contribution in [3.05, 3.63) is 29.8 Å². The summed E-state index contributed by atoms with van der Waals surface area (Å²) in [5.74, 6) is -0.144. The fourth-order valence-electron chi connectivity index (χ4n) is 2.61. The number of esters is 1. The van der Waals surface area contributed by atoms with Crippen LogP contribution in [0.25, 0.3) is 6.08 Å². The van der Waals surface area contributed by atoms with Crippen molar-refractivity contribution in [2.24, 2.45) is 0 Å². The summed E-state index contributed by atoms with van der Waals surface area (Å²) in [5.41, 5.74) is 0.657. The minimum Gasteiger partial charge on any atom is -0.497 e. The standard InChI is InChI=1S/C20H26N2O7/c1-21(13-18(23)22-8-10-28-11-9-22)19(24)14-29-20(25)7-5-15-4-6-16(26-2)12-17(15)27-3/h4-7,12H,8-11,13-14H2,1-3H3/b7-5+. The van der Waals surface area contributed by atoms with Crippen LogP contribution in [0, 0.1) is 0 Å². The summed E-state index contributed by atoms with van der Waals surface area (Å²) in [6.45, 7) is 1.48. The van der Waals surface area contributed by atoms with Gasteiger partial charge in [0.1, 0.15) is 11.5 Å². The monoisotopic (exact) mass is 406 g/mol. The van der Waals surface area contributed by atoms with Gasteiger partial charge < -0.3 is 28.7 Å². The molecule has 0 aromatic heterocycles. The predicted octanol–water partition coefficient (Wildman–Crippen LogP) is 0.577. The fourth-order valence-corrected chi connectivity index (χ4v) is 2.61. The van der Waals surface area contributed by atoms with Crippen molar-refractivity contribution in [3.8, 4) is 11.5 Å². The van der Waals surface area contributed by atoms with E-state index in [1.807, 2.05) is 0 Å². The zero-order valence-electron chi connectivity index (χ0n) is 16.9. The molecule has 0 atom stereocenters. The lowest BCUT2D eigenvalue weighted by atomic mass is 10.2. The molecular formula is C20H26N2O7. The average molecular weight is 406 g/mol. The van der Waals surface area contributed by atoms with Gasteiger partial charge in [-0.2, -0.15) is 0 Å². The molecule has 0 radical (unpaired) electrons. The predicted molar refractivity (Wildman–Crippen MR) is 105 cm³/mol. The molecular weight excluding hydrogens is 380 g/mol. The number of morpholine rings is 1.